The van der Waals surface area contributed by atoms with Crippen LogP contribution in [0.5, 0.6) is 0 Å². The lowest BCUT2D eigenvalue weighted by atomic mass is 10.1. The smallest absolute Gasteiger partial charge is 0.277 e. The van der Waals surface area contributed by atoms with Crippen molar-refractivity contribution in [2.45, 2.75) is 34.5 Å². The molecule has 4 rings (SSSR count). The third-order valence-electron chi connectivity index (χ3n) is 4.38. The molecule has 5 nitrogen and oxygen atoms in total. The molecule has 0 radical (unpaired) electrons. The van der Waals surface area contributed by atoms with E-state index in [1.807, 2.05) is 49.4 Å². The van der Waals surface area contributed by atoms with E-state index in [4.69, 9.17) is 0 Å². The number of hydrogen-bond donors (Lipinski definition) is 1. The lowest BCUT2D eigenvalue weighted by molar-refractivity contribution is 0.101. The normalized spacial score (nSPS) is 10.8. The largest absolute Gasteiger partial charge is 0.296 e. The molecule has 2 aromatic heterocycles. The van der Waals surface area contributed by atoms with Crippen molar-refractivity contribution in [1.82, 2.24) is 15.0 Å². The molecule has 156 valence electrons. The van der Waals surface area contributed by atoms with Gasteiger partial charge < -0.3 is 0 Å². The number of rotatable bonds is 7. The molecule has 0 aliphatic carbocycles. The van der Waals surface area contributed by atoms with Crippen LogP contribution in [0.4, 0.5) is 5.13 Å². The summed E-state index contributed by atoms with van der Waals surface area (Å²) in [7, 11) is 0. The van der Waals surface area contributed by atoms with Crippen LogP contribution in [0.25, 0.3) is 0 Å². The monoisotopic (exact) mass is 464 g/mol. The summed E-state index contributed by atoms with van der Waals surface area (Å²) >= 11 is 4.43. The van der Waals surface area contributed by atoms with Crippen LogP contribution in [-0.4, -0.2) is 20.9 Å². The van der Waals surface area contributed by atoms with Crippen LogP contribution in [0.3, 0.4) is 0 Å². The van der Waals surface area contributed by atoms with Crippen molar-refractivity contribution in [3.05, 3.63) is 88.7 Å². The lowest BCUT2D eigenvalue weighted by Crippen LogP contribution is -2.15. The number of aromatic nitrogens is 3. The molecule has 31 heavy (non-hydrogen) atoms. The zero-order valence-electron chi connectivity index (χ0n) is 17.0. The Balaban J connectivity index is 1.59. The van der Waals surface area contributed by atoms with Crippen LogP contribution in [-0.2, 0) is 5.75 Å². The third kappa shape index (κ3) is 5.72. The Kier molecular flexibility index (Phi) is 7.01. The summed E-state index contributed by atoms with van der Waals surface area (Å²) in [6.07, 6.45) is 3.47. The highest BCUT2D eigenvalue weighted by Gasteiger charge is 2.18. The van der Waals surface area contributed by atoms with E-state index in [9.17, 15) is 4.79 Å². The Bertz CT molecular complexity index is 1190. The van der Waals surface area contributed by atoms with Crippen molar-refractivity contribution in [2.24, 2.45) is 0 Å². The van der Waals surface area contributed by atoms with Crippen molar-refractivity contribution in [3.8, 4) is 0 Å². The van der Waals surface area contributed by atoms with Gasteiger partial charge in [-0.15, -0.1) is 11.3 Å². The molecule has 0 saturated carbocycles. The van der Waals surface area contributed by atoms with Gasteiger partial charge in [-0.1, -0.05) is 66.0 Å². The first-order valence-electron chi connectivity index (χ1n) is 9.59. The van der Waals surface area contributed by atoms with Gasteiger partial charge in [-0.2, -0.15) is 0 Å². The molecule has 0 unspecified atom stereocenters. The van der Waals surface area contributed by atoms with Crippen LogP contribution >= 0.6 is 34.9 Å². The highest BCUT2D eigenvalue weighted by Crippen LogP contribution is 2.31. The number of nitrogens with one attached hydrogen (secondary N) is 1. The minimum atomic E-state index is -0.284. The number of nitrogens with zero attached hydrogens (tertiary/aromatic N) is 3. The van der Waals surface area contributed by atoms with Crippen molar-refractivity contribution in [3.63, 3.8) is 0 Å². The molecule has 4 aromatic rings. The first-order valence-corrected chi connectivity index (χ1v) is 12.2. The summed E-state index contributed by atoms with van der Waals surface area (Å²) in [5.74, 6) is 0.456. The fourth-order valence-electron chi connectivity index (χ4n) is 2.76. The zero-order chi connectivity index (χ0) is 21.6. The maximum Gasteiger partial charge on any atom is 0.277 e. The maximum atomic E-state index is 13.1. The Hall–Kier alpha value is -2.68. The van der Waals surface area contributed by atoms with Gasteiger partial charge in [0.05, 0.1) is 4.90 Å². The standard InChI is InChI=1S/C23H20N4OS3/c1-15-8-6-7-9-17(15)14-29-22-25-13-19(31-18-10-4-3-5-11-18)20(26-22)21(28)27-23-24-12-16(2)30-23/h3-13H,14H2,1-2H3,(H,24,27,28). The van der Waals surface area contributed by atoms with Crippen molar-refractivity contribution >= 4 is 45.9 Å². The maximum absolute atomic E-state index is 13.1. The molecule has 0 spiro atoms. The van der Waals surface area contributed by atoms with E-state index in [-0.39, 0.29) is 5.91 Å². The topological polar surface area (TPSA) is 67.8 Å². The fourth-order valence-corrected chi connectivity index (χ4v) is 5.20. The van der Waals surface area contributed by atoms with Crippen LogP contribution < -0.4 is 5.32 Å². The van der Waals surface area contributed by atoms with Gasteiger partial charge in [-0.05, 0) is 37.1 Å². The second kappa shape index (κ2) is 10.1. The molecule has 0 saturated heterocycles. The Labute approximate surface area is 193 Å². The molecule has 0 aliphatic rings. The number of thioether (sulfide) groups is 1. The Morgan fingerprint density at radius 1 is 1.00 bits per heavy atom. The summed E-state index contributed by atoms with van der Waals surface area (Å²) in [5.41, 5.74) is 2.80. The molecule has 0 atom stereocenters. The number of carbonyl (C=O) groups excluding carboxylic acids is 1. The third-order valence-corrected chi connectivity index (χ3v) is 7.14. The van der Waals surface area contributed by atoms with Gasteiger partial charge in [-0.25, -0.2) is 15.0 Å². The van der Waals surface area contributed by atoms with Gasteiger partial charge in [0.2, 0.25) is 0 Å². The van der Waals surface area contributed by atoms with E-state index in [1.54, 1.807) is 12.4 Å². The summed E-state index contributed by atoms with van der Waals surface area (Å²) in [6, 6.07) is 18.1. The minimum Gasteiger partial charge on any atom is -0.296 e. The summed E-state index contributed by atoms with van der Waals surface area (Å²) < 4.78 is 0. The van der Waals surface area contributed by atoms with E-state index in [0.29, 0.717) is 20.9 Å². The van der Waals surface area contributed by atoms with Gasteiger partial charge in [0.25, 0.3) is 5.91 Å². The highest BCUT2D eigenvalue weighted by atomic mass is 32.2. The number of thiazole rings is 1. The second-order valence-corrected chi connectivity index (χ2v) is 10.0. The van der Waals surface area contributed by atoms with Crippen molar-refractivity contribution in [2.75, 3.05) is 5.32 Å². The van der Waals surface area contributed by atoms with Gasteiger partial charge in [0.1, 0.15) is 5.69 Å². The number of amides is 1. The molecule has 1 amide bonds. The first kappa shape index (κ1) is 21.5. The molecule has 2 heterocycles. The minimum absolute atomic E-state index is 0.284. The van der Waals surface area contributed by atoms with E-state index in [2.05, 4.69) is 39.3 Å². The number of hydrogen-bond acceptors (Lipinski definition) is 7. The van der Waals surface area contributed by atoms with Gasteiger partial charge in [-0.3, -0.25) is 10.1 Å². The molecular formula is C23H20N4OS3. The Morgan fingerprint density at radius 3 is 2.52 bits per heavy atom. The molecule has 8 heteroatoms. The average molecular weight is 465 g/mol. The number of anilines is 1. The predicted molar refractivity (Wildman–Crippen MR) is 128 cm³/mol. The number of carbonyl (C=O) groups is 1. The lowest BCUT2D eigenvalue weighted by Gasteiger charge is -2.10. The van der Waals surface area contributed by atoms with Crippen LogP contribution in [0.2, 0.25) is 0 Å². The number of aryl methyl sites for hydroxylation is 2. The molecule has 0 aliphatic heterocycles. The van der Waals surface area contributed by atoms with Gasteiger partial charge in [0.15, 0.2) is 10.3 Å². The molecule has 1 N–H and O–H groups in total. The Morgan fingerprint density at radius 2 is 1.77 bits per heavy atom. The zero-order valence-corrected chi connectivity index (χ0v) is 19.5. The van der Waals surface area contributed by atoms with E-state index in [0.717, 1.165) is 15.5 Å². The fraction of sp³-hybridized carbons (Fsp3) is 0.130. The van der Waals surface area contributed by atoms with Gasteiger partial charge in [0, 0.05) is 27.9 Å². The number of benzene rings is 2. The molecular weight excluding hydrogens is 444 g/mol. The first-order chi connectivity index (χ1) is 15.1. The molecule has 2 aromatic carbocycles. The van der Waals surface area contributed by atoms with Crippen molar-refractivity contribution < 1.29 is 4.79 Å². The van der Waals surface area contributed by atoms with Crippen LogP contribution in [0, 0.1) is 13.8 Å². The predicted octanol–water partition coefficient (Wildman–Crippen LogP) is 6.25. The van der Waals surface area contributed by atoms with E-state index in [1.165, 1.54) is 46.0 Å². The summed E-state index contributed by atoms with van der Waals surface area (Å²) in [5, 5.41) is 4.00. The highest BCUT2D eigenvalue weighted by molar-refractivity contribution is 7.99. The molecule has 0 bridgehead atoms. The van der Waals surface area contributed by atoms with Crippen LogP contribution in [0.1, 0.15) is 26.5 Å². The van der Waals surface area contributed by atoms with Crippen molar-refractivity contribution in [1.29, 1.82) is 0 Å². The van der Waals surface area contributed by atoms with Crippen LogP contribution in [0.15, 0.2) is 81.9 Å². The van der Waals surface area contributed by atoms with E-state index < -0.39 is 0 Å². The summed E-state index contributed by atoms with van der Waals surface area (Å²) in [4.78, 5) is 29.2. The molecule has 0 fully saturated rings. The quantitative estimate of drug-likeness (QED) is 0.258. The van der Waals surface area contributed by atoms with Gasteiger partial charge >= 0.3 is 0 Å². The second-order valence-electron chi connectivity index (χ2n) is 6.73. The average Bonchev–Trinajstić information content (AvgIpc) is 3.19. The summed E-state index contributed by atoms with van der Waals surface area (Å²) in [6.45, 7) is 4.04. The SMILES string of the molecule is Cc1cnc(NC(=O)c2nc(SCc3ccccc3C)ncc2Sc2ccccc2)s1. The van der Waals surface area contributed by atoms with E-state index >= 15 is 0 Å².